The Morgan fingerprint density at radius 1 is 1.20 bits per heavy atom. The first-order chi connectivity index (χ1) is 7.02. The van der Waals surface area contributed by atoms with Crippen molar-refractivity contribution in [3.63, 3.8) is 0 Å². The van der Waals surface area contributed by atoms with E-state index < -0.39 is 11.6 Å². The van der Waals surface area contributed by atoms with Gasteiger partial charge in [0.1, 0.15) is 11.6 Å². The minimum absolute atomic E-state index is 0.0916. The van der Waals surface area contributed by atoms with E-state index in [1.54, 1.807) is 6.92 Å². The van der Waals surface area contributed by atoms with E-state index in [2.05, 4.69) is 15.9 Å². The zero-order valence-electron chi connectivity index (χ0n) is 8.78. The van der Waals surface area contributed by atoms with Crippen LogP contribution < -0.4 is 0 Å². The molecule has 2 unspecified atom stereocenters. The summed E-state index contributed by atoms with van der Waals surface area (Å²) in [4.78, 5) is 0.0916. The van der Waals surface area contributed by atoms with E-state index in [1.165, 1.54) is 0 Å². The van der Waals surface area contributed by atoms with Gasteiger partial charge >= 0.3 is 0 Å². The summed E-state index contributed by atoms with van der Waals surface area (Å²) in [5.74, 6) is -0.650. The molecule has 0 amide bonds. The summed E-state index contributed by atoms with van der Waals surface area (Å²) in [6.07, 6.45) is 1.89. The summed E-state index contributed by atoms with van der Waals surface area (Å²) in [5.41, 5.74) is 2.10. The topological polar surface area (TPSA) is 0 Å². The average Bonchev–Trinajstić information content (AvgIpc) is 2.18. The molecule has 0 radical (unpaired) electrons. The van der Waals surface area contributed by atoms with Crippen LogP contribution in [0.4, 0.5) is 8.78 Å². The zero-order valence-corrected chi connectivity index (χ0v) is 10.4. The zero-order chi connectivity index (χ0) is 11.2. The van der Waals surface area contributed by atoms with Crippen LogP contribution in [0.25, 0.3) is 0 Å². The highest BCUT2D eigenvalue weighted by Crippen LogP contribution is 2.44. The second kappa shape index (κ2) is 3.85. The lowest BCUT2D eigenvalue weighted by Crippen LogP contribution is -2.14. The van der Waals surface area contributed by atoms with E-state index >= 15 is 0 Å². The molecule has 2 atom stereocenters. The van der Waals surface area contributed by atoms with E-state index in [9.17, 15) is 8.78 Å². The molecule has 15 heavy (non-hydrogen) atoms. The summed E-state index contributed by atoms with van der Waals surface area (Å²) >= 11 is 3.50. The fraction of sp³-hybridized carbons (Fsp3) is 0.500. The van der Waals surface area contributed by atoms with Gasteiger partial charge in [-0.3, -0.25) is 0 Å². The van der Waals surface area contributed by atoms with Gasteiger partial charge in [0.15, 0.2) is 0 Å². The Bertz CT molecular complexity index is 401. The van der Waals surface area contributed by atoms with Crippen LogP contribution in [0.1, 0.15) is 47.2 Å². The number of rotatable bonds is 0. The van der Waals surface area contributed by atoms with Gasteiger partial charge in [-0.15, -0.1) is 0 Å². The number of fused-ring (bicyclic) bond motifs is 1. The third-order valence-corrected chi connectivity index (χ3v) is 4.14. The van der Waals surface area contributed by atoms with Crippen LogP contribution in [0.2, 0.25) is 0 Å². The summed E-state index contributed by atoms with van der Waals surface area (Å²) in [6, 6.07) is 1.01. The molecule has 2 rings (SSSR count). The highest BCUT2D eigenvalue weighted by Gasteiger charge is 2.28. The molecule has 0 heterocycles. The molecule has 1 aliphatic rings. The van der Waals surface area contributed by atoms with Crippen LogP contribution in [0, 0.1) is 18.6 Å². The van der Waals surface area contributed by atoms with Crippen molar-refractivity contribution in [2.24, 2.45) is 0 Å². The summed E-state index contributed by atoms with van der Waals surface area (Å²) < 4.78 is 27.1. The van der Waals surface area contributed by atoms with Crippen molar-refractivity contribution < 1.29 is 8.78 Å². The lowest BCUT2D eigenvalue weighted by molar-refractivity contribution is 0.508. The quantitative estimate of drug-likeness (QED) is 0.607. The minimum atomic E-state index is -0.440. The van der Waals surface area contributed by atoms with Crippen molar-refractivity contribution in [3.8, 4) is 0 Å². The molecule has 0 N–H and O–H groups in total. The van der Waals surface area contributed by atoms with E-state index in [1.807, 2.05) is 6.92 Å². The number of hydrogen-bond acceptors (Lipinski definition) is 0. The third-order valence-electron chi connectivity index (χ3n) is 3.22. The van der Waals surface area contributed by atoms with Gasteiger partial charge in [-0.2, -0.15) is 0 Å². The molecule has 1 aromatic carbocycles. The molecular weight excluding hydrogens is 262 g/mol. The molecule has 1 aliphatic carbocycles. The van der Waals surface area contributed by atoms with Crippen molar-refractivity contribution in [2.45, 2.75) is 37.4 Å². The smallest absolute Gasteiger partial charge is 0.129 e. The first-order valence-corrected chi connectivity index (χ1v) is 6.06. The van der Waals surface area contributed by atoms with Gasteiger partial charge in [-0.1, -0.05) is 22.9 Å². The first kappa shape index (κ1) is 11.1. The standard InChI is InChI=1S/C12H13BrF2/c1-6-3-4-8(13)12-7(2)9(14)5-10(15)11(6)12/h5-6,8H,3-4H2,1-2H3. The van der Waals surface area contributed by atoms with Crippen LogP contribution >= 0.6 is 15.9 Å². The largest absolute Gasteiger partial charge is 0.207 e. The molecule has 0 spiro atoms. The van der Waals surface area contributed by atoms with E-state index in [4.69, 9.17) is 0 Å². The van der Waals surface area contributed by atoms with Crippen molar-refractivity contribution in [1.82, 2.24) is 0 Å². The summed E-state index contributed by atoms with van der Waals surface area (Å²) in [7, 11) is 0. The molecule has 0 aromatic heterocycles. The van der Waals surface area contributed by atoms with Crippen molar-refractivity contribution in [3.05, 3.63) is 34.4 Å². The molecule has 82 valence electrons. The Morgan fingerprint density at radius 3 is 2.53 bits per heavy atom. The average molecular weight is 275 g/mol. The highest BCUT2D eigenvalue weighted by atomic mass is 79.9. The Labute approximate surface area is 96.8 Å². The minimum Gasteiger partial charge on any atom is -0.207 e. The van der Waals surface area contributed by atoms with E-state index in [0.29, 0.717) is 11.1 Å². The molecule has 0 saturated carbocycles. The van der Waals surface area contributed by atoms with Crippen LogP contribution in [0.5, 0.6) is 0 Å². The van der Waals surface area contributed by atoms with Gasteiger partial charge < -0.3 is 0 Å². The Balaban J connectivity index is 2.71. The highest BCUT2D eigenvalue weighted by molar-refractivity contribution is 9.09. The fourth-order valence-electron chi connectivity index (χ4n) is 2.35. The van der Waals surface area contributed by atoms with E-state index in [-0.39, 0.29) is 10.7 Å². The molecule has 0 saturated heterocycles. The van der Waals surface area contributed by atoms with Crippen molar-refractivity contribution in [2.75, 3.05) is 0 Å². The maximum atomic E-state index is 13.7. The van der Waals surface area contributed by atoms with Crippen molar-refractivity contribution in [1.29, 1.82) is 0 Å². The van der Waals surface area contributed by atoms with Gasteiger partial charge in [0.2, 0.25) is 0 Å². The summed E-state index contributed by atoms with van der Waals surface area (Å²) in [5, 5.41) is 0. The molecule has 0 bridgehead atoms. The normalized spacial score (nSPS) is 25.1. The fourth-order valence-corrected chi connectivity index (χ4v) is 3.20. The predicted octanol–water partition coefficient (Wildman–Crippen LogP) is 4.61. The third kappa shape index (κ3) is 1.71. The SMILES string of the molecule is Cc1c(F)cc(F)c2c1C(Br)CCC2C. The Morgan fingerprint density at radius 2 is 1.87 bits per heavy atom. The predicted molar refractivity (Wildman–Crippen MR) is 60.4 cm³/mol. The van der Waals surface area contributed by atoms with Gasteiger partial charge in [0, 0.05) is 10.9 Å². The lowest BCUT2D eigenvalue weighted by atomic mass is 9.81. The second-order valence-electron chi connectivity index (χ2n) is 4.24. The van der Waals surface area contributed by atoms with Gasteiger partial charge in [-0.25, -0.2) is 8.78 Å². The van der Waals surface area contributed by atoms with Crippen LogP contribution in [-0.2, 0) is 0 Å². The molecule has 0 fully saturated rings. The molecule has 3 heteroatoms. The van der Waals surface area contributed by atoms with Crippen molar-refractivity contribution >= 4 is 15.9 Å². The maximum absolute atomic E-state index is 13.7. The molecular formula is C12H13BrF2. The number of alkyl halides is 1. The van der Waals surface area contributed by atoms with Gasteiger partial charge in [-0.05, 0) is 42.4 Å². The maximum Gasteiger partial charge on any atom is 0.129 e. The lowest BCUT2D eigenvalue weighted by Gasteiger charge is -2.28. The van der Waals surface area contributed by atoms with Crippen LogP contribution in [0.15, 0.2) is 6.07 Å². The molecule has 1 aromatic rings. The molecule has 0 nitrogen and oxygen atoms in total. The van der Waals surface area contributed by atoms with Gasteiger partial charge in [0.05, 0.1) is 0 Å². The number of hydrogen-bond donors (Lipinski definition) is 0. The first-order valence-electron chi connectivity index (χ1n) is 5.14. The Kier molecular flexibility index (Phi) is 2.84. The number of benzene rings is 1. The second-order valence-corrected chi connectivity index (χ2v) is 5.34. The summed E-state index contributed by atoms with van der Waals surface area (Å²) in [6.45, 7) is 3.72. The number of halogens is 3. The monoisotopic (exact) mass is 274 g/mol. The van der Waals surface area contributed by atoms with Crippen LogP contribution in [0.3, 0.4) is 0 Å². The Hall–Kier alpha value is -0.440. The molecule has 0 aliphatic heterocycles. The van der Waals surface area contributed by atoms with E-state index in [0.717, 1.165) is 24.5 Å². The van der Waals surface area contributed by atoms with Crippen LogP contribution in [-0.4, -0.2) is 0 Å². The van der Waals surface area contributed by atoms with Gasteiger partial charge in [0.25, 0.3) is 0 Å².